The molecule has 8 heteroatoms. The highest BCUT2D eigenvalue weighted by Gasteiger charge is 2.11. The molecule has 3 N–H and O–H groups in total. The molecule has 0 saturated carbocycles. The number of thiocarbonyl (C=S) groups is 1. The van der Waals surface area contributed by atoms with Crippen LogP contribution in [-0.2, 0) is 0 Å². The second-order valence-corrected chi connectivity index (χ2v) is 5.78. The zero-order valence-electron chi connectivity index (χ0n) is 10.0. The highest BCUT2D eigenvalue weighted by molar-refractivity contribution is 7.80. The van der Waals surface area contributed by atoms with E-state index in [1.165, 1.54) is 17.5 Å². The highest BCUT2D eigenvalue weighted by Crippen LogP contribution is 2.30. The molecule has 0 saturated heterocycles. The van der Waals surface area contributed by atoms with Gasteiger partial charge in [-0.3, -0.25) is 0 Å². The first-order chi connectivity index (χ1) is 9.63. The first kappa shape index (κ1) is 13.2. The SMILES string of the molecule is NC(=S)c1nccnc1Nc1nc2ccc(Cl)cc2s1. The summed E-state index contributed by atoms with van der Waals surface area (Å²) in [5.41, 5.74) is 6.93. The van der Waals surface area contributed by atoms with Crippen molar-refractivity contribution in [1.82, 2.24) is 15.0 Å². The lowest BCUT2D eigenvalue weighted by Crippen LogP contribution is -2.14. The summed E-state index contributed by atoms with van der Waals surface area (Å²) in [6, 6.07) is 5.53. The number of hydrogen-bond donors (Lipinski definition) is 2. The van der Waals surface area contributed by atoms with Crippen LogP contribution in [0.15, 0.2) is 30.6 Å². The molecule has 0 atom stereocenters. The van der Waals surface area contributed by atoms with Crippen LogP contribution < -0.4 is 11.1 Å². The van der Waals surface area contributed by atoms with Gasteiger partial charge in [0, 0.05) is 17.4 Å². The van der Waals surface area contributed by atoms with Crippen molar-refractivity contribution in [1.29, 1.82) is 0 Å². The van der Waals surface area contributed by atoms with E-state index in [1.54, 1.807) is 12.3 Å². The van der Waals surface area contributed by atoms with Crippen LogP contribution in [0.2, 0.25) is 5.02 Å². The minimum Gasteiger partial charge on any atom is -0.388 e. The van der Waals surface area contributed by atoms with Gasteiger partial charge in [-0.05, 0) is 18.2 Å². The average molecular weight is 322 g/mol. The summed E-state index contributed by atoms with van der Waals surface area (Å²) in [4.78, 5) is 12.9. The summed E-state index contributed by atoms with van der Waals surface area (Å²) >= 11 is 12.4. The number of nitrogens with one attached hydrogen (secondary N) is 1. The predicted molar refractivity (Wildman–Crippen MR) is 85.8 cm³/mol. The van der Waals surface area contributed by atoms with Gasteiger partial charge in [-0.1, -0.05) is 35.2 Å². The van der Waals surface area contributed by atoms with Crippen molar-refractivity contribution in [3.63, 3.8) is 0 Å². The summed E-state index contributed by atoms with van der Waals surface area (Å²) < 4.78 is 0.987. The van der Waals surface area contributed by atoms with E-state index in [0.717, 1.165) is 10.2 Å². The fourth-order valence-electron chi connectivity index (χ4n) is 1.66. The van der Waals surface area contributed by atoms with Crippen molar-refractivity contribution >= 4 is 61.3 Å². The fraction of sp³-hybridized carbons (Fsp3) is 0. The second kappa shape index (κ2) is 5.28. The third-order valence-electron chi connectivity index (χ3n) is 2.51. The van der Waals surface area contributed by atoms with E-state index in [1.807, 2.05) is 12.1 Å². The second-order valence-electron chi connectivity index (χ2n) is 3.87. The fourth-order valence-corrected chi connectivity index (χ4v) is 2.95. The van der Waals surface area contributed by atoms with Crippen LogP contribution in [0.4, 0.5) is 10.9 Å². The zero-order chi connectivity index (χ0) is 14.1. The molecule has 0 spiro atoms. The maximum Gasteiger partial charge on any atom is 0.189 e. The van der Waals surface area contributed by atoms with Crippen LogP contribution in [0.25, 0.3) is 10.2 Å². The Bertz CT molecular complexity index is 801. The zero-order valence-corrected chi connectivity index (χ0v) is 12.4. The third kappa shape index (κ3) is 2.55. The molecule has 20 heavy (non-hydrogen) atoms. The minimum atomic E-state index is 0.185. The van der Waals surface area contributed by atoms with E-state index in [9.17, 15) is 0 Å². The monoisotopic (exact) mass is 321 g/mol. The maximum atomic E-state index is 5.96. The van der Waals surface area contributed by atoms with E-state index in [2.05, 4.69) is 20.3 Å². The Morgan fingerprint density at radius 1 is 1.30 bits per heavy atom. The van der Waals surface area contributed by atoms with Gasteiger partial charge in [0.05, 0.1) is 10.2 Å². The molecule has 0 bridgehead atoms. The Balaban J connectivity index is 1.99. The summed E-state index contributed by atoms with van der Waals surface area (Å²) in [7, 11) is 0. The minimum absolute atomic E-state index is 0.185. The number of thiazole rings is 1. The average Bonchev–Trinajstić information content (AvgIpc) is 2.80. The molecule has 0 amide bonds. The van der Waals surface area contributed by atoms with Gasteiger partial charge in [-0.15, -0.1) is 0 Å². The quantitative estimate of drug-likeness (QED) is 0.722. The normalized spacial score (nSPS) is 10.7. The number of rotatable bonds is 3. The van der Waals surface area contributed by atoms with Gasteiger partial charge < -0.3 is 11.1 Å². The van der Waals surface area contributed by atoms with Crippen LogP contribution in [0, 0.1) is 0 Å². The summed E-state index contributed by atoms with van der Waals surface area (Å²) in [5, 5.41) is 4.44. The molecular formula is C12H8ClN5S2. The molecular weight excluding hydrogens is 314 g/mol. The number of nitrogens with two attached hydrogens (primary N) is 1. The molecule has 2 heterocycles. The molecule has 0 aliphatic heterocycles. The predicted octanol–water partition coefficient (Wildman–Crippen LogP) is 3.12. The Hall–Kier alpha value is -1.83. The van der Waals surface area contributed by atoms with Gasteiger partial charge in [-0.2, -0.15) is 0 Å². The van der Waals surface area contributed by atoms with Crippen molar-refractivity contribution in [3.8, 4) is 0 Å². The van der Waals surface area contributed by atoms with Crippen molar-refractivity contribution in [3.05, 3.63) is 41.3 Å². The molecule has 0 aliphatic carbocycles. The Morgan fingerprint density at radius 3 is 2.90 bits per heavy atom. The van der Waals surface area contributed by atoms with Crippen LogP contribution in [0.5, 0.6) is 0 Å². The van der Waals surface area contributed by atoms with Crippen molar-refractivity contribution in [2.75, 3.05) is 5.32 Å². The van der Waals surface area contributed by atoms with E-state index < -0.39 is 0 Å². The van der Waals surface area contributed by atoms with Gasteiger partial charge in [0.2, 0.25) is 0 Å². The lowest BCUT2D eigenvalue weighted by molar-refractivity contribution is 1.17. The number of nitrogens with zero attached hydrogens (tertiary/aromatic N) is 3. The van der Waals surface area contributed by atoms with Crippen molar-refractivity contribution < 1.29 is 0 Å². The van der Waals surface area contributed by atoms with E-state index >= 15 is 0 Å². The summed E-state index contributed by atoms with van der Waals surface area (Å²) in [6.45, 7) is 0. The number of anilines is 2. The Labute approximate surface area is 128 Å². The van der Waals surface area contributed by atoms with Crippen LogP contribution in [-0.4, -0.2) is 19.9 Å². The van der Waals surface area contributed by atoms with Gasteiger partial charge in [0.15, 0.2) is 10.9 Å². The van der Waals surface area contributed by atoms with Gasteiger partial charge in [0.1, 0.15) is 10.7 Å². The van der Waals surface area contributed by atoms with E-state index in [-0.39, 0.29) is 4.99 Å². The maximum absolute atomic E-state index is 5.96. The Kier molecular flexibility index (Phi) is 3.47. The van der Waals surface area contributed by atoms with Crippen LogP contribution in [0.3, 0.4) is 0 Å². The molecule has 3 aromatic rings. The van der Waals surface area contributed by atoms with Gasteiger partial charge in [0.25, 0.3) is 0 Å². The number of benzene rings is 1. The molecule has 2 aromatic heterocycles. The number of fused-ring (bicyclic) bond motifs is 1. The standard InChI is InChI=1S/C12H8ClN5S2/c13-6-1-2-7-8(5-6)20-12(17-7)18-11-9(10(14)19)15-3-4-16-11/h1-5H,(H2,14,19)(H,16,17,18). The molecule has 0 unspecified atom stereocenters. The van der Waals surface area contributed by atoms with Crippen molar-refractivity contribution in [2.24, 2.45) is 5.73 Å². The van der Waals surface area contributed by atoms with Crippen molar-refractivity contribution in [2.45, 2.75) is 0 Å². The molecule has 100 valence electrons. The highest BCUT2D eigenvalue weighted by atomic mass is 35.5. The number of hydrogen-bond acceptors (Lipinski definition) is 6. The number of halogens is 1. The molecule has 3 rings (SSSR count). The van der Waals surface area contributed by atoms with E-state index in [0.29, 0.717) is 21.7 Å². The first-order valence-corrected chi connectivity index (χ1v) is 7.17. The third-order valence-corrected chi connectivity index (χ3v) is 3.87. The van der Waals surface area contributed by atoms with Crippen LogP contribution >= 0.6 is 35.2 Å². The molecule has 5 nitrogen and oxygen atoms in total. The Morgan fingerprint density at radius 2 is 2.10 bits per heavy atom. The lowest BCUT2D eigenvalue weighted by atomic mass is 10.3. The number of aromatic nitrogens is 3. The molecule has 0 aliphatic rings. The molecule has 0 fully saturated rings. The van der Waals surface area contributed by atoms with Crippen LogP contribution in [0.1, 0.15) is 5.69 Å². The van der Waals surface area contributed by atoms with Gasteiger partial charge >= 0.3 is 0 Å². The summed E-state index contributed by atoms with van der Waals surface area (Å²) in [5.74, 6) is 0.491. The first-order valence-electron chi connectivity index (χ1n) is 5.57. The smallest absolute Gasteiger partial charge is 0.189 e. The van der Waals surface area contributed by atoms with E-state index in [4.69, 9.17) is 29.6 Å². The topological polar surface area (TPSA) is 76.7 Å². The molecule has 1 aromatic carbocycles. The molecule has 0 radical (unpaired) electrons. The largest absolute Gasteiger partial charge is 0.388 e. The van der Waals surface area contributed by atoms with Gasteiger partial charge in [-0.25, -0.2) is 15.0 Å². The lowest BCUT2D eigenvalue weighted by Gasteiger charge is -2.05. The summed E-state index contributed by atoms with van der Waals surface area (Å²) in [6.07, 6.45) is 3.10.